The summed E-state index contributed by atoms with van der Waals surface area (Å²) in [6.45, 7) is 24.4. The van der Waals surface area contributed by atoms with Crippen molar-refractivity contribution in [3.05, 3.63) is 131 Å². The van der Waals surface area contributed by atoms with Crippen molar-refractivity contribution in [3.63, 3.8) is 0 Å². The minimum Gasteiger partial charge on any atom is -0.508 e. The fraction of sp³-hybridized carbons (Fsp3) is 0.348. The third kappa shape index (κ3) is 5.37. The van der Waals surface area contributed by atoms with E-state index in [-0.39, 0.29) is 37.3 Å². The molecule has 0 N–H and O–H groups in total. The predicted octanol–water partition coefficient (Wildman–Crippen LogP) is 11.2. The molecular weight excluding hydrogens is 822 g/mol. The standard InChI is InChI=1S/C46H47N3O2.Pt/c1-28-22-29(41-48-46(11)44(8,9)36-14-12-13-15-37(36)45(46,10)51-41)24-33(23-28)50-32-17-18-34-35-25-30(42(2,3)4)16-19-38(35)49(39(34)27-32)40-26-31(20-21-47-40)43(5,6)7;/h12-23,25-26H,1-11H3;/q-2;+2/t45-,46+;/m0./s1. The van der Waals surface area contributed by atoms with Gasteiger partial charge in [-0.1, -0.05) is 122 Å². The van der Waals surface area contributed by atoms with Crippen LogP contribution in [0.25, 0.3) is 27.6 Å². The van der Waals surface area contributed by atoms with Crippen LogP contribution in [-0.4, -0.2) is 21.0 Å². The van der Waals surface area contributed by atoms with Crippen LogP contribution in [0.2, 0.25) is 0 Å². The van der Waals surface area contributed by atoms with Crippen molar-refractivity contribution in [2.45, 2.75) is 104 Å². The molecule has 0 saturated carbocycles. The Balaban J connectivity index is 0.00000420. The van der Waals surface area contributed by atoms with Crippen molar-refractivity contribution in [1.29, 1.82) is 0 Å². The minimum absolute atomic E-state index is 0. The Morgan fingerprint density at radius 2 is 1.42 bits per heavy atom. The molecular formula is C46H47N3O2Pt. The molecule has 0 radical (unpaired) electrons. The second-order valence-corrected chi connectivity index (χ2v) is 17.4. The van der Waals surface area contributed by atoms with E-state index in [4.69, 9.17) is 19.5 Å². The fourth-order valence-corrected chi connectivity index (χ4v) is 8.17. The third-order valence-electron chi connectivity index (χ3n) is 11.7. The van der Waals surface area contributed by atoms with Gasteiger partial charge in [-0.05, 0) is 65.0 Å². The van der Waals surface area contributed by atoms with Crippen LogP contribution in [-0.2, 0) is 47.6 Å². The van der Waals surface area contributed by atoms with Crippen molar-refractivity contribution in [2.24, 2.45) is 4.99 Å². The number of aliphatic imine (C=N–C) groups is 1. The molecule has 0 spiro atoms. The molecule has 3 heterocycles. The van der Waals surface area contributed by atoms with Crippen LogP contribution in [0.5, 0.6) is 11.5 Å². The Morgan fingerprint density at radius 1 is 0.731 bits per heavy atom. The van der Waals surface area contributed by atoms with E-state index >= 15 is 0 Å². The maximum absolute atomic E-state index is 6.85. The van der Waals surface area contributed by atoms with Gasteiger partial charge in [-0.2, -0.15) is 6.07 Å². The minimum atomic E-state index is -0.599. The summed E-state index contributed by atoms with van der Waals surface area (Å²) in [5, 5.41) is 2.27. The Hall–Kier alpha value is -4.21. The molecule has 2 atom stereocenters. The van der Waals surface area contributed by atoms with E-state index in [1.165, 1.54) is 27.6 Å². The zero-order chi connectivity index (χ0) is 36.3. The zero-order valence-electron chi connectivity index (χ0n) is 32.1. The number of aryl methyl sites for hydroxylation is 1. The Bertz CT molecular complexity index is 2430. The third-order valence-corrected chi connectivity index (χ3v) is 11.7. The van der Waals surface area contributed by atoms with E-state index in [1.807, 2.05) is 18.3 Å². The van der Waals surface area contributed by atoms with Gasteiger partial charge in [-0.25, -0.2) is 4.98 Å². The summed E-state index contributed by atoms with van der Waals surface area (Å²) in [6, 6.07) is 35.0. The molecule has 6 aromatic rings. The average Bonchev–Trinajstić information content (AvgIpc) is 3.59. The Morgan fingerprint density at radius 3 is 2.13 bits per heavy atom. The van der Waals surface area contributed by atoms with Crippen LogP contribution >= 0.6 is 0 Å². The average molecular weight is 869 g/mol. The van der Waals surface area contributed by atoms with Crippen LogP contribution < -0.4 is 4.74 Å². The van der Waals surface area contributed by atoms with Crippen molar-refractivity contribution in [3.8, 4) is 17.3 Å². The smallest absolute Gasteiger partial charge is 0.508 e. The number of pyridine rings is 1. The van der Waals surface area contributed by atoms with E-state index in [2.05, 4.69) is 160 Å². The van der Waals surface area contributed by atoms with Gasteiger partial charge in [0.2, 0.25) is 0 Å². The first kappa shape index (κ1) is 36.2. The van der Waals surface area contributed by atoms with E-state index in [0.29, 0.717) is 17.4 Å². The van der Waals surface area contributed by atoms with Crippen LogP contribution in [0, 0.1) is 19.1 Å². The van der Waals surface area contributed by atoms with E-state index in [1.54, 1.807) is 0 Å². The van der Waals surface area contributed by atoms with Gasteiger partial charge < -0.3 is 14.0 Å². The molecule has 4 aromatic carbocycles. The Labute approximate surface area is 322 Å². The Kier molecular flexibility index (Phi) is 8.28. The summed E-state index contributed by atoms with van der Waals surface area (Å²) < 4.78 is 15.7. The van der Waals surface area contributed by atoms with Crippen LogP contribution in [0.15, 0.2) is 90.1 Å². The molecule has 52 heavy (non-hydrogen) atoms. The number of nitrogens with zero attached hydrogens (tertiary/aromatic N) is 3. The van der Waals surface area contributed by atoms with Gasteiger partial charge in [0.1, 0.15) is 22.9 Å². The molecule has 2 aliphatic rings. The molecule has 0 fully saturated rings. The second-order valence-electron chi connectivity index (χ2n) is 17.4. The monoisotopic (exact) mass is 868 g/mol. The molecule has 268 valence electrons. The van der Waals surface area contributed by atoms with Gasteiger partial charge in [0, 0.05) is 34.2 Å². The molecule has 0 saturated heterocycles. The molecule has 0 amide bonds. The normalized spacial score (nSPS) is 20.6. The van der Waals surface area contributed by atoms with Crippen molar-refractivity contribution in [1.82, 2.24) is 9.55 Å². The summed E-state index contributed by atoms with van der Waals surface area (Å²) in [5.41, 5.74) is 7.47. The predicted molar refractivity (Wildman–Crippen MR) is 208 cm³/mol. The summed E-state index contributed by atoms with van der Waals surface area (Å²) in [5.74, 6) is 2.64. The van der Waals surface area contributed by atoms with Gasteiger partial charge in [-0.3, -0.25) is 4.99 Å². The summed E-state index contributed by atoms with van der Waals surface area (Å²) in [4.78, 5) is 10.2. The number of rotatable bonds is 4. The molecule has 2 aromatic heterocycles. The molecule has 1 aliphatic heterocycles. The SMILES string of the molecule is Cc1cc(Oc2[c-]c3c(cc2)c2cc(C(C)(C)C)ccc2n3-c2cc(C(C)(C)C)ccn2)[c-]c(C2=N[C@]3(C)C(C)(C)c4ccccc4[C@]3(C)O2)c1.[Pt+2]. The number of hydrogen-bond acceptors (Lipinski definition) is 4. The van der Waals surface area contributed by atoms with Gasteiger partial charge in [0.25, 0.3) is 0 Å². The van der Waals surface area contributed by atoms with E-state index < -0.39 is 11.1 Å². The van der Waals surface area contributed by atoms with Crippen LogP contribution in [0.1, 0.15) is 103 Å². The van der Waals surface area contributed by atoms with Crippen LogP contribution in [0.4, 0.5) is 0 Å². The topological polar surface area (TPSA) is 48.6 Å². The first-order valence-corrected chi connectivity index (χ1v) is 18.0. The number of fused-ring (bicyclic) bond motifs is 6. The summed E-state index contributed by atoms with van der Waals surface area (Å²) in [6.07, 6.45) is 1.91. The first-order valence-electron chi connectivity index (χ1n) is 18.0. The maximum atomic E-state index is 6.85. The molecule has 6 heteroatoms. The molecule has 5 nitrogen and oxygen atoms in total. The fourth-order valence-electron chi connectivity index (χ4n) is 8.17. The molecule has 8 rings (SSSR count). The number of ether oxygens (including phenoxy) is 2. The quantitative estimate of drug-likeness (QED) is 0.166. The van der Waals surface area contributed by atoms with Crippen molar-refractivity contribution < 1.29 is 30.5 Å². The van der Waals surface area contributed by atoms with Gasteiger partial charge in [0.15, 0.2) is 0 Å². The number of hydrogen-bond donors (Lipinski definition) is 0. The van der Waals surface area contributed by atoms with E-state index in [0.717, 1.165) is 33.4 Å². The van der Waals surface area contributed by atoms with Gasteiger partial charge in [-0.15, -0.1) is 29.1 Å². The molecule has 1 aliphatic carbocycles. The zero-order valence-corrected chi connectivity index (χ0v) is 34.3. The summed E-state index contributed by atoms with van der Waals surface area (Å²) in [7, 11) is 0. The van der Waals surface area contributed by atoms with Crippen molar-refractivity contribution >= 4 is 27.7 Å². The van der Waals surface area contributed by atoms with Gasteiger partial charge in [0.05, 0.1) is 0 Å². The number of aromatic nitrogens is 2. The van der Waals surface area contributed by atoms with Crippen LogP contribution in [0.3, 0.4) is 0 Å². The number of benzene rings is 4. The largest absolute Gasteiger partial charge is 2.00 e. The van der Waals surface area contributed by atoms with E-state index in [9.17, 15) is 0 Å². The van der Waals surface area contributed by atoms with Gasteiger partial charge >= 0.3 is 21.1 Å². The maximum Gasteiger partial charge on any atom is 2.00 e. The van der Waals surface area contributed by atoms with Crippen molar-refractivity contribution in [2.75, 3.05) is 0 Å². The second kappa shape index (κ2) is 11.9. The summed E-state index contributed by atoms with van der Waals surface area (Å²) >= 11 is 0. The molecule has 0 unspecified atom stereocenters. The molecule has 0 bridgehead atoms. The first-order chi connectivity index (χ1) is 23.9.